The second-order valence-corrected chi connectivity index (χ2v) is 9.98. The molecule has 0 bridgehead atoms. The van der Waals surface area contributed by atoms with Gasteiger partial charge in [0.2, 0.25) is 5.95 Å². The van der Waals surface area contributed by atoms with E-state index in [4.69, 9.17) is 4.84 Å². The summed E-state index contributed by atoms with van der Waals surface area (Å²) in [6, 6.07) is 2.19. The second kappa shape index (κ2) is 12.9. The number of hydrogen-bond donors (Lipinski definition) is 3. The number of aryl methyl sites for hydroxylation is 1. The van der Waals surface area contributed by atoms with Crippen LogP contribution in [-0.4, -0.2) is 58.7 Å². The first-order valence-corrected chi connectivity index (χ1v) is 13.3. The lowest BCUT2D eigenvalue weighted by Gasteiger charge is -2.31. The van der Waals surface area contributed by atoms with Crippen LogP contribution in [0.15, 0.2) is 29.7 Å². The highest BCUT2D eigenvalue weighted by Crippen LogP contribution is 2.35. The molecular formula is C27H36F2N6O3. The van der Waals surface area contributed by atoms with Gasteiger partial charge in [0, 0.05) is 44.9 Å². The first-order chi connectivity index (χ1) is 18.3. The number of aliphatic hydroxyl groups is 1. The quantitative estimate of drug-likeness (QED) is 0.433. The van der Waals surface area contributed by atoms with Crippen molar-refractivity contribution in [3.63, 3.8) is 0 Å². The van der Waals surface area contributed by atoms with Crippen LogP contribution < -0.4 is 15.5 Å². The Labute approximate surface area is 221 Å². The number of aliphatic hydroxyl groups excluding tert-OH is 1. The lowest BCUT2D eigenvalue weighted by Crippen LogP contribution is -2.37. The largest absolute Gasteiger partial charge is 0.392 e. The van der Waals surface area contributed by atoms with Crippen LogP contribution >= 0.6 is 0 Å². The molecule has 2 amide bonds. The summed E-state index contributed by atoms with van der Waals surface area (Å²) in [7, 11) is 0. The molecule has 2 aromatic rings. The van der Waals surface area contributed by atoms with Gasteiger partial charge in [0.25, 0.3) is 0 Å². The molecule has 9 nitrogen and oxygen atoms in total. The van der Waals surface area contributed by atoms with E-state index in [1.165, 1.54) is 19.1 Å². The Balaban J connectivity index is 1.24. The van der Waals surface area contributed by atoms with E-state index in [0.717, 1.165) is 49.6 Å². The predicted molar refractivity (Wildman–Crippen MR) is 141 cm³/mol. The molecule has 1 saturated carbocycles. The smallest absolute Gasteiger partial charge is 0.319 e. The fraction of sp³-hybridized carbons (Fsp3) is 0.556. The summed E-state index contributed by atoms with van der Waals surface area (Å²) < 4.78 is 29.5. The van der Waals surface area contributed by atoms with E-state index < -0.39 is 23.8 Å². The summed E-state index contributed by atoms with van der Waals surface area (Å²) >= 11 is 0. The van der Waals surface area contributed by atoms with Crippen molar-refractivity contribution >= 4 is 23.4 Å². The van der Waals surface area contributed by atoms with Crippen LogP contribution in [0.1, 0.15) is 69.4 Å². The molecule has 38 heavy (non-hydrogen) atoms. The highest BCUT2D eigenvalue weighted by Gasteiger charge is 2.26. The van der Waals surface area contributed by atoms with Crippen LogP contribution in [0.25, 0.3) is 0 Å². The number of aromatic nitrogens is 2. The van der Waals surface area contributed by atoms with Crippen LogP contribution in [0.3, 0.4) is 0 Å². The molecule has 0 radical (unpaired) electrons. The molecule has 1 atom stereocenters. The molecule has 2 heterocycles. The van der Waals surface area contributed by atoms with E-state index in [2.05, 4.69) is 37.6 Å². The SMILES string of the molecule is CCc1cnc(N2CCC(ON=C3CCC(c4ccc(NC(=O)NCC(C)O)c(F)c4F)CC3)CC2)nc1. The van der Waals surface area contributed by atoms with Crippen molar-refractivity contribution in [2.45, 2.75) is 76.9 Å². The van der Waals surface area contributed by atoms with E-state index in [1.807, 2.05) is 12.4 Å². The van der Waals surface area contributed by atoms with Crippen molar-refractivity contribution in [3.8, 4) is 0 Å². The standard InChI is InChI=1S/C27H36F2N6O3/c1-3-18-15-30-26(31-16-18)35-12-10-21(11-13-35)38-34-20-6-4-19(5-7-20)22-8-9-23(25(29)24(22)28)33-27(37)32-14-17(2)36/h8-9,15-17,19,21,36H,3-7,10-14H2,1-2H3,(H2,32,33,37). The molecular weight excluding hydrogens is 494 g/mol. The third kappa shape index (κ3) is 7.15. The summed E-state index contributed by atoms with van der Waals surface area (Å²) in [6.45, 7) is 5.20. The number of nitrogens with one attached hydrogen (secondary N) is 2. The Morgan fingerprint density at radius 2 is 1.84 bits per heavy atom. The van der Waals surface area contributed by atoms with E-state index in [1.54, 1.807) is 0 Å². The molecule has 1 aromatic carbocycles. The van der Waals surface area contributed by atoms with Gasteiger partial charge in [0.15, 0.2) is 11.6 Å². The minimum atomic E-state index is -1.09. The second-order valence-electron chi connectivity index (χ2n) is 9.98. The fourth-order valence-corrected chi connectivity index (χ4v) is 4.74. The van der Waals surface area contributed by atoms with Crippen molar-refractivity contribution in [1.82, 2.24) is 15.3 Å². The molecule has 1 aliphatic carbocycles. The van der Waals surface area contributed by atoms with Crippen LogP contribution in [0.5, 0.6) is 0 Å². The third-order valence-corrected chi connectivity index (χ3v) is 7.08. The lowest BCUT2D eigenvalue weighted by atomic mass is 9.83. The van der Waals surface area contributed by atoms with Crippen LogP contribution in [0.4, 0.5) is 25.2 Å². The summed E-state index contributed by atoms with van der Waals surface area (Å²) in [5.74, 6) is -1.42. The molecule has 2 aliphatic rings. The maximum atomic E-state index is 14.8. The number of piperidine rings is 1. The molecule has 1 saturated heterocycles. The van der Waals surface area contributed by atoms with Gasteiger partial charge >= 0.3 is 6.03 Å². The Morgan fingerprint density at radius 1 is 1.16 bits per heavy atom. The normalized spacial score (nSPS) is 19.1. The maximum absolute atomic E-state index is 14.8. The van der Waals surface area contributed by atoms with Crippen molar-refractivity contribution in [1.29, 1.82) is 0 Å². The Bertz CT molecular complexity index is 1110. The van der Waals surface area contributed by atoms with E-state index >= 15 is 0 Å². The van der Waals surface area contributed by atoms with Crippen molar-refractivity contribution in [3.05, 3.63) is 47.3 Å². The average molecular weight is 531 g/mol. The zero-order chi connectivity index (χ0) is 27.1. The van der Waals surface area contributed by atoms with Gasteiger partial charge in [-0.05, 0) is 62.1 Å². The molecule has 0 spiro atoms. The van der Waals surface area contributed by atoms with Gasteiger partial charge in [0.1, 0.15) is 6.10 Å². The van der Waals surface area contributed by atoms with Gasteiger partial charge < -0.3 is 25.5 Å². The molecule has 1 unspecified atom stereocenters. The Kier molecular flexibility index (Phi) is 9.43. The summed E-state index contributed by atoms with van der Waals surface area (Å²) in [6.07, 6.45) is 8.22. The number of halogens is 2. The number of nitrogens with zero attached hydrogens (tertiary/aromatic N) is 4. The monoisotopic (exact) mass is 530 g/mol. The minimum Gasteiger partial charge on any atom is -0.392 e. The number of carbonyl (C=O) groups is 1. The van der Waals surface area contributed by atoms with E-state index in [0.29, 0.717) is 31.2 Å². The summed E-state index contributed by atoms with van der Waals surface area (Å²) in [5, 5.41) is 18.3. The first kappa shape index (κ1) is 27.7. The molecule has 11 heteroatoms. The molecule has 4 rings (SSSR count). The maximum Gasteiger partial charge on any atom is 0.319 e. The Hall–Kier alpha value is -3.34. The van der Waals surface area contributed by atoms with Crippen molar-refractivity contribution in [2.75, 3.05) is 29.9 Å². The molecule has 2 fully saturated rings. The molecule has 1 aliphatic heterocycles. The predicted octanol–water partition coefficient (Wildman–Crippen LogP) is 4.52. The van der Waals surface area contributed by atoms with Gasteiger partial charge in [-0.25, -0.2) is 23.5 Å². The first-order valence-electron chi connectivity index (χ1n) is 13.3. The number of carbonyl (C=O) groups excluding carboxylic acids is 1. The third-order valence-electron chi connectivity index (χ3n) is 7.08. The number of rotatable bonds is 8. The highest BCUT2D eigenvalue weighted by molar-refractivity contribution is 5.89. The number of urea groups is 1. The number of amides is 2. The van der Waals surface area contributed by atoms with E-state index in [-0.39, 0.29) is 24.3 Å². The molecule has 3 N–H and O–H groups in total. The highest BCUT2D eigenvalue weighted by atomic mass is 19.2. The van der Waals surface area contributed by atoms with Crippen LogP contribution in [0, 0.1) is 11.6 Å². The van der Waals surface area contributed by atoms with Gasteiger partial charge in [-0.1, -0.05) is 18.1 Å². The summed E-state index contributed by atoms with van der Waals surface area (Å²) in [5.41, 5.74) is 2.12. The van der Waals surface area contributed by atoms with Crippen LogP contribution in [0.2, 0.25) is 0 Å². The average Bonchev–Trinajstić information content (AvgIpc) is 2.94. The number of anilines is 2. The fourth-order valence-electron chi connectivity index (χ4n) is 4.74. The summed E-state index contributed by atoms with van der Waals surface area (Å²) in [4.78, 5) is 28.7. The van der Waals surface area contributed by atoms with E-state index in [9.17, 15) is 18.7 Å². The number of oxime groups is 1. The van der Waals surface area contributed by atoms with Gasteiger partial charge in [-0.2, -0.15) is 0 Å². The van der Waals surface area contributed by atoms with Crippen molar-refractivity contribution < 1.29 is 23.5 Å². The van der Waals surface area contributed by atoms with Gasteiger partial charge in [0.05, 0.1) is 17.5 Å². The zero-order valence-corrected chi connectivity index (χ0v) is 21.9. The topological polar surface area (TPSA) is 112 Å². The number of hydrogen-bond acceptors (Lipinski definition) is 7. The zero-order valence-electron chi connectivity index (χ0n) is 21.9. The lowest BCUT2D eigenvalue weighted by molar-refractivity contribution is 0.0406. The molecule has 206 valence electrons. The number of benzene rings is 1. The minimum absolute atomic E-state index is 0.00531. The van der Waals surface area contributed by atoms with Crippen molar-refractivity contribution in [2.24, 2.45) is 5.16 Å². The molecule has 1 aromatic heterocycles. The van der Waals surface area contributed by atoms with Gasteiger partial charge in [-0.3, -0.25) is 0 Å². The van der Waals surface area contributed by atoms with Gasteiger partial charge in [-0.15, -0.1) is 0 Å². The van der Waals surface area contributed by atoms with Crippen LogP contribution in [-0.2, 0) is 11.3 Å². The Morgan fingerprint density at radius 3 is 2.47 bits per heavy atom.